The molecular formula is C23H23NO4. The van der Waals surface area contributed by atoms with Crippen molar-refractivity contribution in [3.8, 4) is 17.2 Å². The van der Waals surface area contributed by atoms with Gasteiger partial charge in [-0.3, -0.25) is 4.79 Å². The summed E-state index contributed by atoms with van der Waals surface area (Å²) in [6.07, 6.45) is 1.49. The average Bonchev–Trinajstić information content (AvgIpc) is 2.68. The number of carbonyl (C=O) groups excluding carboxylic acids is 1. The Morgan fingerprint density at radius 3 is 2.07 bits per heavy atom. The van der Waals surface area contributed by atoms with E-state index in [0.717, 1.165) is 35.2 Å². The molecule has 3 rings (SSSR count). The number of hydrogen-bond acceptors (Lipinski definition) is 4. The number of anilines is 1. The predicted octanol–water partition coefficient (Wildman–Crippen LogP) is 4.17. The highest BCUT2D eigenvalue weighted by Crippen LogP contribution is 2.26. The van der Waals surface area contributed by atoms with Gasteiger partial charge in [-0.15, -0.1) is 0 Å². The summed E-state index contributed by atoms with van der Waals surface area (Å²) < 4.78 is 0. The van der Waals surface area contributed by atoms with Gasteiger partial charge < -0.3 is 20.2 Å². The molecule has 0 saturated carbocycles. The van der Waals surface area contributed by atoms with E-state index in [-0.39, 0.29) is 28.7 Å². The third-order valence-corrected chi connectivity index (χ3v) is 4.75. The third kappa shape index (κ3) is 4.26. The molecule has 0 aliphatic carbocycles. The fourth-order valence-electron chi connectivity index (χ4n) is 3.02. The summed E-state index contributed by atoms with van der Waals surface area (Å²) in [6, 6.07) is 17.5. The van der Waals surface area contributed by atoms with Crippen molar-refractivity contribution < 1.29 is 20.1 Å². The molecule has 0 aromatic heterocycles. The van der Waals surface area contributed by atoms with Crippen molar-refractivity contribution in [1.82, 2.24) is 0 Å². The number of benzene rings is 3. The first kappa shape index (κ1) is 19.3. The van der Waals surface area contributed by atoms with Gasteiger partial charge in [0.2, 0.25) is 0 Å². The second-order valence-electron chi connectivity index (χ2n) is 6.87. The summed E-state index contributed by atoms with van der Waals surface area (Å²) >= 11 is 0. The van der Waals surface area contributed by atoms with Gasteiger partial charge in [-0.25, -0.2) is 0 Å². The summed E-state index contributed by atoms with van der Waals surface area (Å²) in [6.45, 7) is 1.86. The monoisotopic (exact) mass is 377 g/mol. The molecule has 0 unspecified atom stereocenters. The number of aryl methyl sites for hydroxylation is 3. The molecule has 3 aromatic rings. The van der Waals surface area contributed by atoms with E-state index in [4.69, 9.17) is 0 Å². The van der Waals surface area contributed by atoms with Gasteiger partial charge in [0.15, 0.2) is 11.5 Å². The normalized spacial score (nSPS) is 10.6. The van der Waals surface area contributed by atoms with Crippen LogP contribution in [-0.2, 0) is 12.8 Å². The summed E-state index contributed by atoms with van der Waals surface area (Å²) in [5.41, 5.74) is 3.92. The highest BCUT2D eigenvalue weighted by Gasteiger charge is 2.17. The Labute approximate surface area is 164 Å². The molecule has 3 N–H and O–H groups in total. The van der Waals surface area contributed by atoms with E-state index in [2.05, 4.69) is 0 Å². The molecule has 0 bridgehead atoms. The Kier molecular flexibility index (Phi) is 5.54. The van der Waals surface area contributed by atoms with Crippen LogP contribution in [0.3, 0.4) is 0 Å². The Balaban J connectivity index is 1.67. The molecule has 0 fully saturated rings. The van der Waals surface area contributed by atoms with Crippen molar-refractivity contribution in [3.05, 3.63) is 82.9 Å². The molecule has 5 heteroatoms. The lowest BCUT2D eigenvalue weighted by Crippen LogP contribution is -2.26. The van der Waals surface area contributed by atoms with Gasteiger partial charge in [0.25, 0.3) is 5.91 Å². The molecule has 0 aliphatic rings. The van der Waals surface area contributed by atoms with Crippen molar-refractivity contribution in [1.29, 1.82) is 0 Å². The minimum absolute atomic E-state index is 0.0226. The van der Waals surface area contributed by atoms with Crippen LogP contribution in [0.5, 0.6) is 17.2 Å². The van der Waals surface area contributed by atoms with Crippen molar-refractivity contribution in [2.45, 2.75) is 19.8 Å². The van der Waals surface area contributed by atoms with Crippen molar-refractivity contribution >= 4 is 11.6 Å². The van der Waals surface area contributed by atoms with Crippen LogP contribution in [0, 0.1) is 6.92 Å². The summed E-state index contributed by atoms with van der Waals surface area (Å²) in [5.74, 6) is -0.539. The first-order chi connectivity index (χ1) is 13.3. The first-order valence-electron chi connectivity index (χ1n) is 9.02. The zero-order chi connectivity index (χ0) is 20.3. The average molecular weight is 377 g/mol. The number of hydrogen-bond donors (Lipinski definition) is 3. The highest BCUT2D eigenvalue weighted by atomic mass is 16.3. The first-order valence-corrected chi connectivity index (χ1v) is 9.02. The minimum Gasteiger partial charge on any atom is -0.507 e. The Morgan fingerprint density at radius 2 is 1.43 bits per heavy atom. The maximum atomic E-state index is 12.7. The molecule has 1 amide bonds. The lowest BCUT2D eigenvalue weighted by Gasteiger charge is -2.18. The van der Waals surface area contributed by atoms with E-state index >= 15 is 0 Å². The highest BCUT2D eigenvalue weighted by molar-refractivity contribution is 6.07. The maximum absolute atomic E-state index is 12.7. The van der Waals surface area contributed by atoms with E-state index in [1.54, 1.807) is 37.4 Å². The van der Waals surface area contributed by atoms with Gasteiger partial charge in [0.05, 0.1) is 5.56 Å². The summed E-state index contributed by atoms with van der Waals surface area (Å²) in [4.78, 5) is 14.2. The Hall–Kier alpha value is -3.47. The van der Waals surface area contributed by atoms with E-state index in [0.29, 0.717) is 0 Å². The molecular weight excluding hydrogens is 354 g/mol. The Morgan fingerprint density at radius 1 is 0.786 bits per heavy atom. The van der Waals surface area contributed by atoms with Gasteiger partial charge in [-0.05, 0) is 72.9 Å². The van der Waals surface area contributed by atoms with Crippen LogP contribution in [0.25, 0.3) is 0 Å². The number of aromatic hydroxyl groups is 3. The van der Waals surface area contributed by atoms with Crippen LogP contribution in [0.4, 0.5) is 5.69 Å². The molecule has 0 radical (unpaired) electrons. The lowest BCUT2D eigenvalue weighted by molar-refractivity contribution is 0.0990. The molecule has 0 spiro atoms. The minimum atomic E-state index is -0.273. The van der Waals surface area contributed by atoms with Gasteiger partial charge in [-0.2, -0.15) is 0 Å². The molecule has 144 valence electrons. The molecule has 0 heterocycles. The molecule has 3 aromatic carbocycles. The smallest absolute Gasteiger partial charge is 0.261 e. The van der Waals surface area contributed by atoms with E-state index in [1.807, 2.05) is 31.2 Å². The zero-order valence-corrected chi connectivity index (χ0v) is 15.9. The fourth-order valence-corrected chi connectivity index (χ4v) is 3.02. The van der Waals surface area contributed by atoms with Gasteiger partial charge in [0.1, 0.15) is 5.75 Å². The van der Waals surface area contributed by atoms with Crippen molar-refractivity contribution in [2.75, 3.05) is 11.9 Å². The van der Waals surface area contributed by atoms with E-state index in [1.165, 1.54) is 11.0 Å². The van der Waals surface area contributed by atoms with E-state index < -0.39 is 0 Å². The number of amides is 1. The number of phenols is 3. The van der Waals surface area contributed by atoms with Crippen LogP contribution >= 0.6 is 0 Å². The largest absolute Gasteiger partial charge is 0.507 e. The standard InChI is InChI=1S/C23H23NO4/c1-15-3-11-19(21(26)13-15)23(28)24(2)18-9-6-16(7-10-18)4-5-17-8-12-20(25)22(27)14-17/h3,6-14,25-27H,4-5H2,1-2H3. The van der Waals surface area contributed by atoms with Gasteiger partial charge in [0, 0.05) is 12.7 Å². The fraction of sp³-hybridized carbons (Fsp3) is 0.174. The number of rotatable bonds is 5. The molecule has 28 heavy (non-hydrogen) atoms. The molecule has 0 saturated heterocycles. The Bertz CT molecular complexity index is 996. The molecule has 0 aliphatic heterocycles. The van der Waals surface area contributed by atoms with Gasteiger partial charge >= 0.3 is 0 Å². The summed E-state index contributed by atoms with van der Waals surface area (Å²) in [5, 5.41) is 29.0. The quantitative estimate of drug-likeness (QED) is 0.583. The van der Waals surface area contributed by atoms with Crippen LogP contribution in [0.2, 0.25) is 0 Å². The summed E-state index contributed by atoms with van der Waals surface area (Å²) in [7, 11) is 1.68. The van der Waals surface area contributed by atoms with Gasteiger partial charge in [-0.1, -0.05) is 24.3 Å². The van der Waals surface area contributed by atoms with Crippen LogP contribution in [-0.4, -0.2) is 28.3 Å². The SMILES string of the molecule is Cc1ccc(C(=O)N(C)c2ccc(CCc3ccc(O)c(O)c3)cc2)c(O)c1. The number of nitrogens with zero attached hydrogens (tertiary/aromatic N) is 1. The van der Waals surface area contributed by atoms with Crippen LogP contribution in [0.1, 0.15) is 27.0 Å². The van der Waals surface area contributed by atoms with E-state index in [9.17, 15) is 20.1 Å². The second-order valence-corrected chi connectivity index (χ2v) is 6.87. The lowest BCUT2D eigenvalue weighted by atomic mass is 10.0. The van der Waals surface area contributed by atoms with Crippen LogP contribution < -0.4 is 4.90 Å². The molecule has 5 nitrogen and oxygen atoms in total. The predicted molar refractivity (Wildman–Crippen MR) is 109 cm³/mol. The topological polar surface area (TPSA) is 81.0 Å². The number of carbonyl (C=O) groups is 1. The van der Waals surface area contributed by atoms with Crippen molar-refractivity contribution in [3.63, 3.8) is 0 Å². The molecule has 0 atom stereocenters. The second kappa shape index (κ2) is 8.05. The zero-order valence-electron chi connectivity index (χ0n) is 15.9. The van der Waals surface area contributed by atoms with Crippen LogP contribution in [0.15, 0.2) is 60.7 Å². The van der Waals surface area contributed by atoms with Crippen molar-refractivity contribution in [2.24, 2.45) is 0 Å². The maximum Gasteiger partial charge on any atom is 0.261 e. The number of phenolic OH excluding ortho intramolecular Hbond substituents is 3. The third-order valence-electron chi connectivity index (χ3n) is 4.75.